The van der Waals surface area contributed by atoms with Gasteiger partial charge in [0.15, 0.2) is 0 Å². The van der Waals surface area contributed by atoms with Crippen molar-refractivity contribution < 1.29 is 9.90 Å². The molecule has 0 aromatic heterocycles. The van der Waals surface area contributed by atoms with Gasteiger partial charge in [0, 0.05) is 10.9 Å². The van der Waals surface area contributed by atoms with Gasteiger partial charge in [-0.05, 0) is 32.4 Å². The molecule has 2 N–H and O–H groups in total. The smallest absolute Gasteiger partial charge is 0.237 e. The Hall–Kier alpha value is -1.000. The fourth-order valence-electron chi connectivity index (χ4n) is 1.44. The Kier molecular flexibility index (Phi) is 5.69. The van der Waals surface area contributed by atoms with E-state index < -0.39 is 6.10 Å². The summed E-state index contributed by atoms with van der Waals surface area (Å²) >= 11 is 1.48. The summed E-state index contributed by atoms with van der Waals surface area (Å²) in [6.07, 6.45) is -0.413. The Bertz CT molecular complexity index is 407. The minimum Gasteiger partial charge on any atom is -0.392 e. The zero-order valence-corrected chi connectivity index (χ0v) is 12.1. The van der Waals surface area contributed by atoms with Crippen LogP contribution in [0.2, 0.25) is 0 Å². The number of carbonyl (C=O) groups is 1. The second-order valence-corrected chi connectivity index (χ2v) is 6.25. The van der Waals surface area contributed by atoms with Crippen molar-refractivity contribution >= 4 is 23.4 Å². The molecule has 1 amide bonds. The predicted octanol–water partition coefficient (Wildman–Crippen LogP) is 2.82. The molecule has 0 heterocycles. The van der Waals surface area contributed by atoms with E-state index in [1.807, 2.05) is 45.0 Å². The van der Waals surface area contributed by atoms with Gasteiger partial charge < -0.3 is 10.4 Å². The van der Waals surface area contributed by atoms with Crippen LogP contribution < -0.4 is 5.32 Å². The number of carbonyl (C=O) groups excluding carboxylic acids is 1. The van der Waals surface area contributed by atoms with Crippen LogP contribution in [0, 0.1) is 6.92 Å². The molecular weight excluding hydrogens is 246 g/mol. The van der Waals surface area contributed by atoms with E-state index in [-0.39, 0.29) is 16.4 Å². The number of benzene rings is 1. The summed E-state index contributed by atoms with van der Waals surface area (Å²) in [4.78, 5) is 12.0. The molecule has 1 aromatic rings. The van der Waals surface area contributed by atoms with Gasteiger partial charge in [-0.25, -0.2) is 0 Å². The lowest BCUT2D eigenvalue weighted by molar-refractivity contribution is -0.115. The largest absolute Gasteiger partial charge is 0.392 e. The maximum absolute atomic E-state index is 12.0. The van der Waals surface area contributed by atoms with Crippen LogP contribution in [0.4, 0.5) is 5.69 Å². The normalized spacial score (nSPS) is 15.8. The maximum Gasteiger partial charge on any atom is 0.237 e. The summed E-state index contributed by atoms with van der Waals surface area (Å²) < 4.78 is 0. The van der Waals surface area contributed by atoms with Crippen LogP contribution in [-0.4, -0.2) is 27.6 Å². The third-order valence-corrected chi connectivity index (χ3v) is 4.32. The molecule has 18 heavy (non-hydrogen) atoms. The molecular formula is C14H21NO2S. The van der Waals surface area contributed by atoms with Crippen LogP contribution in [0.15, 0.2) is 24.3 Å². The van der Waals surface area contributed by atoms with Crippen molar-refractivity contribution in [3.63, 3.8) is 0 Å². The number of hydrogen-bond acceptors (Lipinski definition) is 3. The minimum atomic E-state index is -0.413. The van der Waals surface area contributed by atoms with Crippen molar-refractivity contribution in [3.05, 3.63) is 29.8 Å². The molecule has 0 saturated carbocycles. The van der Waals surface area contributed by atoms with Crippen LogP contribution in [0.3, 0.4) is 0 Å². The first-order valence-electron chi connectivity index (χ1n) is 6.12. The Morgan fingerprint density at radius 3 is 2.44 bits per heavy atom. The Morgan fingerprint density at radius 2 is 1.89 bits per heavy atom. The first-order chi connectivity index (χ1) is 8.41. The Balaban J connectivity index is 2.58. The van der Waals surface area contributed by atoms with Gasteiger partial charge in [-0.2, -0.15) is 0 Å². The Labute approximate surface area is 113 Å². The highest BCUT2D eigenvalue weighted by Crippen LogP contribution is 2.22. The number of aliphatic hydroxyl groups is 1. The zero-order valence-electron chi connectivity index (χ0n) is 11.3. The van der Waals surface area contributed by atoms with Crippen LogP contribution in [-0.2, 0) is 4.79 Å². The van der Waals surface area contributed by atoms with E-state index in [0.29, 0.717) is 0 Å². The van der Waals surface area contributed by atoms with Gasteiger partial charge in [0.2, 0.25) is 5.91 Å². The highest BCUT2D eigenvalue weighted by atomic mass is 32.2. The van der Waals surface area contributed by atoms with E-state index in [1.165, 1.54) is 11.8 Å². The fraction of sp³-hybridized carbons (Fsp3) is 0.500. The molecule has 100 valence electrons. The molecule has 0 saturated heterocycles. The standard InChI is InChI=1S/C14H21NO2S/c1-9-7-5-6-8-13(9)15-14(17)12(4)18-11(3)10(2)16/h5-8,10-12,16H,1-4H3,(H,15,17)/t10-,11-,12-/m0/s1. The number of amides is 1. The van der Waals surface area contributed by atoms with Crippen LogP contribution in [0.1, 0.15) is 26.3 Å². The van der Waals surface area contributed by atoms with E-state index in [2.05, 4.69) is 5.32 Å². The maximum atomic E-state index is 12.0. The number of thioether (sulfide) groups is 1. The fourth-order valence-corrected chi connectivity index (χ4v) is 2.50. The molecule has 1 rings (SSSR count). The number of aliphatic hydroxyl groups excluding tert-OH is 1. The minimum absolute atomic E-state index is 0.0261. The van der Waals surface area contributed by atoms with E-state index in [0.717, 1.165) is 11.3 Å². The quantitative estimate of drug-likeness (QED) is 0.862. The number of aryl methyl sites for hydroxylation is 1. The third-order valence-electron chi connectivity index (χ3n) is 2.87. The lowest BCUT2D eigenvalue weighted by Gasteiger charge is -2.19. The van der Waals surface area contributed by atoms with E-state index >= 15 is 0 Å². The predicted molar refractivity (Wildman–Crippen MR) is 78.0 cm³/mol. The molecule has 0 aliphatic carbocycles. The van der Waals surface area contributed by atoms with Crippen molar-refractivity contribution in [1.82, 2.24) is 0 Å². The first-order valence-corrected chi connectivity index (χ1v) is 7.06. The van der Waals surface area contributed by atoms with Gasteiger partial charge in [-0.15, -0.1) is 11.8 Å². The molecule has 0 aliphatic heterocycles. The van der Waals surface area contributed by atoms with E-state index in [1.54, 1.807) is 6.92 Å². The molecule has 4 heteroatoms. The van der Waals surface area contributed by atoms with Gasteiger partial charge in [0.1, 0.15) is 0 Å². The molecule has 0 fully saturated rings. The molecule has 1 aromatic carbocycles. The second-order valence-electron chi connectivity index (χ2n) is 4.53. The molecule has 3 nitrogen and oxygen atoms in total. The molecule has 0 bridgehead atoms. The van der Waals surface area contributed by atoms with Gasteiger partial charge in [0.25, 0.3) is 0 Å². The summed E-state index contributed by atoms with van der Waals surface area (Å²) in [5, 5.41) is 12.2. The third kappa shape index (κ3) is 4.35. The summed E-state index contributed by atoms with van der Waals surface area (Å²) in [7, 11) is 0. The number of para-hydroxylation sites is 1. The Morgan fingerprint density at radius 1 is 1.28 bits per heavy atom. The highest BCUT2D eigenvalue weighted by molar-refractivity contribution is 8.01. The van der Waals surface area contributed by atoms with Crippen molar-refractivity contribution in [2.24, 2.45) is 0 Å². The number of rotatable bonds is 5. The molecule has 0 spiro atoms. The number of hydrogen-bond donors (Lipinski definition) is 2. The monoisotopic (exact) mass is 267 g/mol. The summed E-state index contributed by atoms with van der Waals surface area (Å²) in [5.74, 6) is -0.0261. The zero-order chi connectivity index (χ0) is 13.7. The topological polar surface area (TPSA) is 49.3 Å². The van der Waals surface area contributed by atoms with Crippen LogP contribution in [0.25, 0.3) is 0 Å². The van der Waals surface area contributed by atoms with Crippen molar-refractivity contribution in [2.75, 3.05) is 5.32 Å². The molecule has 0 aliphatic rings. The SMILES string of the molecule is Cc1ccccc1NC(=O)[C@H](C)S[C@@H](C)[C@H](C)O. The second kappa shape index (κ2) is 6.81. The lowest BCUT2D eigenvalue weighted by atomic mass is 10.2. The van der Waals surface area contributed by atoms with Crippen LogP contribution in [0.5, 0.6) is 0 Å². The molecule has 0 radical (unpaired) electrons. The van der Waals surface area contributed by atoms with Crippen molar-refractivity contribution in [2.45, 2.75) is 44.3 Å². The van der Waals surface area contributed by atoms with Gasteiger partial charge in [-0.1, -0.05) is 25.1 Å². The van der Waals surface area contributed by atoms with Crippen molar-refractivity contribution in [3.8, 4) is 0 Å². The average molecular weight is 267 g/mol. The lowest BCUT2D eigenvalue weighted by Crippen LogP contribution is -2.27. The molecule has 3 atom stereocenters. The van der Waals surface area contributed by atoms with Gasteiger partial charge >= 0.3 is 0 Å². The van der Waals surface area contributed by atoms with E-state index in [4.69, 9.17) is 0 Å². The van der Waals surface area contributed by atoms with Crippen molar-refractivity contribution in [1.29, 1.82) is 0 Å². The first kappa shape index (κ1) is 15.1. The number of nitrogens with one attached hydrogen (secondary N) is 1. The summed E-state index contributed by atoms with van der Waals surface area (Å²) in [6, 6.07) is 7.70. The highest BCUT2D eigenvalue weighted by Gasteiger charge is 2.19. The van der Waals surface area contributed by atoms with Crippen LogP contribution >= 0.6 is 11.8 Å². The average Bonchev–Trinajstić information content (AvgIpc) is 2.31. The summed E-state index contributed by atoms with van der Waals surface area (Å²) in [6.45, 7) is 7.49. The number of anilines is 1. The van der Waals surface area contributed by atoms with E-state index in [9.17, 15) is 9.90 Å². The van der Waals surface area contributed by atoms with Gasteiger partial charge in [0.05, 0.1) is 11.4 Å². The molecule has 0 unspecified atom stereocenters. The summed E-state index contributed by atoms with van der Waals surface area (Å²) in [5.41, 5.74) is 1.89. The van der Waals surface area contributed by atoms with Gasteiger partial charge in [-0.3, -0.25) is 4.79 Å².